The molecular formula is C14H15F2IN2. The number of aryl methyl sites for hydroxylation is 2. The van der Waals surface area contributed by atoms with Crippen molar-refractivity contribution in [3.05, 3.63) is 56.7 Å². The van der Waals surface area contributed by atoms with E-state index in [0.29, 0.717) is 22.5 Å². The average molecular weight is 376 g/mol. The molecule has 2 rings (SSSR count). The van der Waals surface area contributed by atoms with E-state index in [1.165, 1.54) is 12.1 Å². The summed E-state index contributed by atoms with van der Waals surface area (Å²) in [5.74, 6) is -0.400. The maximum absolute atomic E-state index is 12.7. The normalized spacial score (nSPS) is 9.74. The van der Waals surface area contributed by atoms with Crippen LogP contribution in [0.5, 0.6) is 0 Å². The summed E-state index contributed by atoms with van der Waals surface area (Å²) in [5.41, 5.74) is 13.3. The number of anilines is 2. The molecule has 0 aliphatic rings. The highest BCUT2D eigenvalue weighted by Gasteiger charge is 2.00. The van der Waals surface area contributed by atoms with Crippen LogP contribution >= 0.6 is 22.6 Å². The molecule has 0 aliphatic heterocycles. The lowest BCUT2D eigenvalue weighted by atomic mass is 10.2. The first-order valence-corrected chi connectivity index (χ1v) is 6.62. The van der Waals surface area contributed by atoms with Crippen molar-refractivity contribution in [2.75, 3.05) is 11.5 Å². The van der Waals surface area contributed by atoms with Gasteiger partial charge in [-0.3, -0.25) is 0 Å². The molecule has 5 heteroatoms. The third kappa shape index (κ3) is 4.66. The van der Waals surface area contributed by atoms with Crippen molar-refractivity contribution in [3.63, 3.8) is 0 Å². The van der Waals surface area contributed by atoms with Crippen molar-refractivity contribution in [1.82, 2.24) is 0 Å². The highest BCUT2D eigenvalue weighted by atomic mass is 127. The van der Waals surface area contributed by atoms with Gasteiger partial charge >= 0.3 is 0 Å². The van der Waals surface area contributed by atoms with Crippen molar-refractivity contribution < 1.29 is 8.78 Å². The van der Waals surface area contributed by atoms with Crippen LogP contribution < -0.4 is 11.5 Å². The van der Waals surface area contributed by atoms with Gasteiger partial charge < -0.3 is 11.5 Å². The number of benzene rings is 2. The van der Waals surface area contributed by atoms with Crippen LogP contribution in [0.15, 0.2) is 30.3 Å². The smallest absolute Gasteiger partial charge is 0.127 e. The van der Waals surface area contributed by atoms with Crippen molar-refractivity contribution in [3.8, 4) is 0 Å². The second kappa shape index (κ2) is 6.70. The van der Waals surface area contributed by atoms with Gasteiger partial charge in [-0.1, -0.05) is 0 Å². The van der Waals surface area contributed by atoms with Gasteiger partial charge in [-0.25, -0.2) is 8.78 Å². The number of nitrogens with two attached hydrogens (primary N) is 2. The summed E-state index contributed by atoms with van der Waals surface area (Å²) in [7, 11) is 0. The van der Waals surface area contributed by atoms with E-state index in [1.54, 1.807) is 32.0 Å². The Balaban J connectivity index is 0.000000191. The maximum Gasteiger partial charge on any atom is 0.127 e. The van der Waals surface area contributed by atoms with E-state index in [2.05, 4.69) is 0 Å². The summed E-state index contributed by atoms with van der Waals surface area (Å²) < 4.78 is 25.9. The number of nitrogen functional groups attached to an aromatic ring is 2. The predicted octanol–water partition coefficient (Wildman–Crippen LogP) is 4.04. The lowest BCUT2D eigenvalue weighted by Gasteiger charge is -2.00. The van der Waals surface area contributed by atoms with Crippen molar-refractivity contribution >= 4 is 34.0 Å². The topological polar surface area (TPSA) is 52.0 Å². The Bertz CT molecular complexity index is 536. The molecule has 19 heavy (non-hydrogen) atoms. The molecule has 0 fully saturated rings. The molecule has 0 amide bonds. The van der Waals surface area contributed by atoms with E-state index in [-0.39, 0.29) is 11.6 Å². The van der Waals surface area contributed by atoms with Crippen LogP contribution in [-0.2, 0) is 0 Å². The zero-order chi connectivity index (χ0) is 14.6. The Morgan fingerprint density at radius 1 is 0.895 bits per heavy atom. The average Bonchev–Trinajstić information content (AvgIpc) is 2.33. The molecule has 2 nitrogen and oxygen atoms in total. The summed E-state index contributed by atoms with van der Waals surface area (Å²) in [5, 5.41) is 0. The Morgan fingerprint density at radius 2 is 1.47 bits per heavy atom. The number of rotatable bonds is 0. The summed E-state index contributed by atoms with van der Waals surface area (Å²) >= 11 is 2.00. The molecule has 0 aliphatic carbocycles. The molecule has 0 aromatic heterocycles. The fourth-order valence-corrected chi connectivity index (χ4v) is 1.78. The van der Waals surface area contributed by atoms with Gasteiger partial charge in [-0.2, -0.15) is 0 Å². The van der Waals surface area contributed by atoms with Crippen LogP contribution in [-0.4, -0.2) is 0 Å². The molecule has 0 heterocycles. The number of hydrogen-bond acceptors (Lipinski definition) is 2. The van der Waals surface area contributed by atoms with Crippen LogP contribution in [0, 0.1) is 29.1 Å². The van der Waals surface area contributed by atoms with Crippen LogP contribution in [0.1, 0.15) is 11.1 Å². The monoisotopic (exact) mass is 376 g/mol. The molecule has 102 valence electrons. The summed E-state index contributed by atoms with van der Waals surface area (Å²) in [6.07, 6.45) is 0. The van der Waals surface area contributed by atoms with Gasteiger partial charge in [0.15, 0.2) is 0 Å². The third-order valence-electron chi connectivity index (χ3n) is 2.46. The molecule has 0 bridgehead atoms. The van der Waals surface area contributed by atoms with E-state index in [0.717, 1.165) is 3.57 Å². The summed E-state index contributed by atoms with van der Waals surface area (Å²) in [4.78, 5) is 0. The highest BCUT2D eigenvalue weighted by molar-refractivity contribution is 14.1. The first-order valence-electron chi connectivity index (χ1n) is 5.54. The fourth-order valence-electron chi connectivity index (χ4n) is 1.35. The second-order valence-corrected chi connectivity index (χ2v) is 5.29. The van der Waals surface area contributed by atoms with Gasteiger partial charge in [0.2, 0.25) is 0 Å². The maximum atomic E-state index is 12.7. The Morgan fingerprint density at radius 3 is 1.95 bits per heavy atom. The van der Waals surface area contributed by atoms with Crippen LogP contribution in [0.3, 0.4) is 0 Å². The van der Waals surface area contributed by atoms with Crippen LogP contribution in [0.2, 0.25) is 0 Å². The second-order valence-electron chi connectivity index (χ2n) is 4.13. The van der Waals surface area contributed by atoms with Crippen molar-refractivity contribution in [1.29, 1.82) is 0 Å². The van der Waals surface area contributed by atoms with Crippen LogP contribution in [0.4, 0.5) is 20.2 Å². The zero-order valence-electron chi connectivity index (χ0n) is 10.7. The lowest BCUT2D eigenvalue weighted by Crippen LogP contribution is -1.92. The molecular weight excluding hydrogens is 361 g/mol. The van der Waals surface area contributed by atoms with Gasteiger partial charge in [-0.15, -0.1) is 0 Å². The molecule has 0 spiro atoms. The van der Waals surface area contributed by atoms with E-state index in [1.807, 2.05) is 22.6 Å². The molecule has 2 aromatic carbocycles. The standard InChI is InChI=1S/C7H7FIN.C7H8FN/c1-4-2-7(10)6(9)3-5(4)8;1-5-4-6(9)2-3-7(5)8/h2-3H,10H2,1H3;2-4H,9H2,1H3. The number of hydrogen-bond donors (Lipinski definition) is 2. The quantitative estimate of drug-likeness (QED) is 0.539. The first-order chi connectivity index (χ1) is 8.81. The predicted molar refractivity (Wildman–Crippen MR) is 83.8 cm³/mol. The molecule has 0 radical (unpaired) electrons. The fraction of sp³-hybridized carbons (Fsp3) is 0.143. The zero-order valence-corrected chi connectivity index (χ0v) is 12.8. The van der Waals surface area contributed by atoms with E-state index >= 15 is 0 Å². The first kappa shape index (κ1) is 15.7. The minimum absolute atomic E-state index is 0.196. The molecule has 0 atom stereocenters. The third-order valence-corrected chi connectivity index (χ3v) is 3.39. The minimum atomic E-state index is -0.204. The summed E-state index contributed by atoms with van der Waals surface area (Å²) in [6, 6.07) is 7.59. The highest BCUT2D eigenvalue weighted by Crippen LogP contribution is 2.18. The van der Waals surface area contributed by atoms with E-state index in [4.69, 9.17) is 11.5 Å². The molecule has 2 aromatic rings. The van der Waals surface area contributed by atoms with E-state index < -0.39 is 0 Å². The largest absolute Gasteiger partial charge is 0.399 e. The summed E-state index contributed by atoms with van der Waals surface area (Å²) in [6.45, 7) is 3.38. The molecule has 0 saturated carbocycles. The van der Waals surface area contributed by atoms with Gasteiger partial charge in [0, 0.05) is 14.9 Å². The lowest BCUT2D eigenvalue weighted by molar-refractivity contribution is 0.618. The van der Waals surface area contributed by atoms with E-state index in [9.17, 15) is 8.78 Å². The number of halogens is 3. The van der Waals surface area contributed by atoms with Gasteiger partial charge in [0.05, 0.1) is 0 Å². The van der Waals surface area contributed by atoms with Crippen molar-refractivity contribution in [2.24, 2.45) is 0 Å². The Hall–Kier alpha value is -1.37. The SMILES string of the molecule is Cc1cc(N)c(I)cc1F.Cc1cc(N)ccc1F. The minimum Gasteiger partial charge on any atom is -0.399 e. The molecule has 0 unspecified atom stereocenters. The van der Waals surface area contributed by atoms with Gasteiger partial charge in [0.1, 0.15) is 11.6 Å². The van der Waals surface area contributed by atoms with Crippen LogP contribution in [0.25, 0.3) is 0 Å². The van der Waals surface area contributed by atoms with Crippen molar-refractivity contribution in [2.45, 2.75) is 13.8 Å². The van der Waals surface area contributed by atoms with Gasteiger partial charge in [-0.05, 0) is 77.9 Å². The Kier molecular flexibility index (Phi) is 5.53. The Labute approximate surface area is 124 Å². The van der Waals surface area contributed by atoms with Gasteiger partial charge in [0.25, 0.3) is 0 Å². The molecule has 4 N–H and O–H groups in total. The molecule has 0 saturated heterocycles.